The molecule has 1 atom stereocenters. The number of methoxy groups -OCH3 is 1. The Labute approximate surface area is 185 Å². The maximum atomic E-state index is 12.6. The van der Waals surface area contributed by atoms with Crippen molar-refractivity contribution >= 4 is 10.0 Å². The zero-order valence-corrected chi connectivity index (χ0v) is 19.2. The number of ether oxygens (including phenoxy) is 2. The molecule has 0 radical (unpaired) electrons. The second kappa shape index (κ2) is 10.8. The van der Waals surface area contributed by atoms with E-state index in [1.54, 1.807) is 25.3 Å². The highest BCUT2D eigenvalue weighted by atomic mass is 32.2. The van der Waals surface area contributed by atoms with E-state index in [1.807, 2.05) is 31.2 Å². The fourth-order valence-corrected chi connectivity index (χ4v) is 4.42. The fourth-order valence-electron chi connectivity index (χ4n) is 3.34. The van der Waals surface area contributed by atoms with Crippen LogP contribution >= 0.6 is 0 Å². The smallest absolute Gasteiger partial charge is 0.240 e. The normalized spacial score (nSPS) is 16.2. The molecule has 0 spiro atoms. The van der Waals surface area contributed by atoms with Crippen LogP contribution < -0.4 is 9.46 Å². The van der Waals surface area contributed by atoms with Gasteiger partial charge in [-0.3, -0.25) is 0 Å². The summed E-state index contributed by atoms with van der Waals surface area (Å²) in [5, 5.41) is 0. The van der Waals surface area contributed by atoms with Crippen LogP contribution in [0.4, 0.5) is 0 Å². The fraction of sp³-hybridized carbons (Fsp3) is 0.360. The van der Waals surface area contributed by atoms with Gasteiger partial charge in [0.1, 0.15) is 12.4 Å². The molecule has 0 heterocycles. The minimum absolute atomic E-state index is 0.259. The van der Waals surface area contributed by atoms with E-state index in [9.17, 15) is 8.42 Å². The number of sulfonamides is 1. The summed E-state index contributed by atoms with van der Waals surface area (Å²) in [5.41, 5.74) is 4.12. The Bertz CT molecular complexity index is 1040. The third-order valence-corrected chi connectivity index (χ3v) is 6.81. The average Bonchev–Trinajstić information content (AvgIpc) is 2.76. The lowest BCUT2D eigenvalue weighted by Gasteiger charge is -2.13. The summed E-state index contributed by atoms with van der Waals surface area (Å²) >= 11 is 0. The highest BCUT2D eigenvalue weighted by molar-refractivity contribution is 7.89. The van der Waals surface area contributed by atoms with Gasteiger partial charge in [0.2, 0.25) is 10.0 Å². The van der Waals surface area contributed by atoms with Gasteiger partial charge in [-0.25, -0.2) is 13.1 Å². The first-order valence-corrected chi connectivity index (χ1v) is 12.0. The predicted molar refractivity (Wildman–Crippen MR) is 124 cm³/mol. The van der Waals surface area contributed by atoms with Gasteiger partial charge < -0.3 is 9.47 Å². The zero-order valence-electron chi connectivity index (χ0n) is 18.4. The molecule has 31 heavy (non-hydrogen) atoms. The molecule has 6 heteroatoms. The molecule has 5 nitrogen and oxygen atoms in total. The molecule has 0 saturated heterocycles. The van der Waals surface area contributed by atoms with E-state index in [0.717, 1.165) is 28.9 Å². The lowest BCUT2D eigenvalue weighted by Crippen LogP contribution is -2.26. The van der Waals surface area contributed by atoms with Crippen LogP contribution in [0.1, 0.15) is 30.0 Å². The van der Waals surface area contributed by atoms with E-state index in [4.69, 9.17) is 9.47 Å². The second-order valence-corrected chi connectivity index (χ2v) is 9.72. The van der Waals surface area contributed by atoms with Crippen LogP contribution in [0.5, 0.6) is 5.75 Å². The van der Waals surface area contributed by atoms with Crippen LogP contribution in [0, 0.1) is 12.8 Å². The Morgan fingerprint density at radius 3 is 2.55 bits per heavy atom. The van der Waals surface area contributed by atoms with Gasteiger partial charge in [0.05, 0.1) is 11.5 Å². The monoisotopic (exact) mass is 441 g/mol. The van der Waals surface area contributed by atoms with Crippen LogP contribution in [0.15, 0.2) is 71.2 Å². The quantitative estimate of drug-likeness (QED) is 0.587. The molecule has 0 aromatic heterocycles. The van der Waals surface area contributed by atoms with E-state index in [-0.39, 0.29) is 4.90 Å². The van der Waals surface area contributed by atoms with Gasteiger partial charge in [0, 0.05) is 13.7 Å². The van der Waals surface area contributed by atoms with Crippen molar-refractivity contribution in [1.82, 2.24) is 4.72 Å². The first-order valence-electron chi connectivity index (χ1n) is 10.5. The first-order chi connectivity index (χ1) is 14.9. The maximum absolute atomic E-state index is 12.6. The summed E-state index contributed by atoms with van der Waals surface area (Å²) in [6.07, 6.45) is 8.21. The minimum atomic E-state index is -3.56. The van der Waals surface area contributed by atoms with Crippen molar-refractivity contribution < 1.29 is 17.9 Å². The molecule has 1 aliphatic carbocycles. The van der Waals surface area contributed by atoms with E-state index >= 15 is 0 Å². The Morgan fingerprint density at radius 1 is 1.10 bits per heavy atom. The topological polar surface area (TPSA) is 64.6 Å². The van der Waals surface area contributed by atoms with Crippen molar-refractivity contribution in [3.63, 3.8) is 0 Å². The van der Waals surface area contributed by atoms with Gasteiger partial charge in [-0.05, 0) is 72.2 Å². The molecular weight excluding hydrogens is 410 g/mol. The molecule has 0 aliphatic heterocycles. The van der Waals surface area contributed by atoms with Gasteiger partial charge in [0.15, 0.2) is 0 Å². The number of nitrogens with one attached hydrogen (secondary N) is 1. The predicted octanol–water partition coefficient (Wildman–Crippen LogP) is 4.56. The molecule has 0 fully saturated rings. The number of rotatable bonds is 10. The molecule has 1 aliphatic rings. The molecule has 2 aromatic rings. The van der Waals surface area contributed by atoms with E-state index in [1.165, 1.54) is 5.57 Å². The van der Waals surface area contributed by atoms with Gasteiger partial charge in [-0.1, -0.05) is 43.4 Å². The van der Waals surface area contributed by atoms with Crippen molar-refractivity contribution in [3.8, 4) is 5.75 Å². The summed E-state index contributed by atoms with van der Waals surface area (Å²) in [6.45, 7) is 5.41. The van der Waals surface area contributed by atoms with E-state index in [0.29, 0.717) is 32.1 Å². The van der Waals surface area contributed by atoms with E-state index < -0.39 is 10.0 Å². The lowest BCUT2D eigenvalue weighted by molar-refractivity contribution is 0.184. The molecule has 3 rings (SSSR count). The minimum Gasteiger partial charge on any atom is -0.489 e. The van der Waals surface area contributed by atoms with Crippen LogP contribution in [0.3, 0.4) is 0 Å². The van der Waals surface area contributed by atoms with Crippen molar-refractivity contribution in [2.24, 2.45) is 5.92 Å². The highest BCUT2D eigenvalue weighted by Crippen LogP contribution is 2.19. The molecule has 1 N–H and O–H groups in total. The number of hydrogen-bond donors (Lipinski definition) is 1. The largest absolute Gasteiger partial charge is 0.489 e. The van der Waals surface area contributed by atoms with Gasteiger partial charge in [0.25, 0.3) is 0 Å². The number of aryl methyl sites for hydroxylation is 1. The number of allylic oxidation sites excluding steroid dienone is 2. The standard InChI is InChI=1S/C25H31NO4S/c1-19-4-7-22(8-5-19)17-30-24-11-9-21(10-12-24)14-15-26-31(27,28)25-13-6-20(2)23(16-25)18-29-3/h4,6-13,16,19,26H,5,14-15,17-18H2,1-3H3. The SMILES string of the molecule is COCc1cc(S(=O)(=O)NCCc2ccc(OCC3=CCC(C)C=C3)cc2)ccc1C. The third kappa shape index (κ3) is 6.79. The highest BCUT2D eigenvalue weighted by Gasteiger charge is 2.15. The Hall–Kier alpha value is -2.41. The van der Waals surface area contributed by atoms with Crippen LogP contribution in [-0.2, 0) is 27.8 Å². The van der Waals surface area contributed by atoms with E-state index in [2.05, 4.69) is 29.9 Å². The van der Waals surface area contributed by atoms with Crippen LogP contribution in [-0.4, -0.2) is 28.7 Å². The summed E-state index contributed by atoms with van der Waals surface area (Å²) in [6, 6.07) is 12.9. The third-order valence-electron chi connectivity index (χ3n) is 5.36. The van der Waals surface area contributed by atoms with Gasteiger partial charge in [-0.2, -0.15) is 0 Å². The Morgan fingerprint density at radius 2 is 1.87 bits per heavy atom. The summed E-state index contributed by atoms with van der Waals surface area (Å²) in [7, 11) is -1.97. The van der Waals surface area contributed by atoms with Crippen LogP contribution in [0.2, 0.25) is 0 Å². The summed E-state index contributed by atoms with van der Waals surface area (Å²) in [4.78, 5) is 0.259. The van der Waals surface area contributed by atoms with Crippen molar-refractivity contribution in [2.45, 2.75) is 38.2 Å². The number of benzene rings is 2. The summed E-state index contributed by atoms with van der Waals surface area (Å²) in [5.74, 6) is 1.40. The average molecular weight is 442 g/mol. The lowest BCUT2D eigenvalue weighted by atomic mass is 9.99. The first kappa shape index (κ1) is 23.3. The van der Waals surface area contributed by atoms with Crippen molar-refractivity contribution in [2.75, 3.05) is 20.3 Å². The molecule has 166 valence electrons. The molecule has 2 aromatic carbocycles. The van der Waals surface area contributed by atoms with Gasteiger partial charge >= 0.3 is 0 Å². The van der Waals surface area contributed by atoms with Crippen molar-refractivity contribution in [3.05, 3.63) is 83.0 Å². The van der Waals surface area contributed by atoms with Crippen LogP contribution in [0.25, 0.3) is 0 Å². The molecule has 1 unspecified atom stereocenters. The maximum Gasteiger partial charge on any atom is 0.240 e. The zero-order chi connectivity index (χ0) is 22.3. The number of hydrogen-bond acceptors (Lipinski definition) is 4. The molecule has 0 bridgehead atoms. The van der Waals surface area contributed by atoms with Crippen molar-refractivity contribution in [1.29, 1.82) is 0 Å². The van der Waals surface area contributed by atoms with Gasteiger partial charge in [-0.15, -0.1) is 0 Å². The second-order valence-electron chi connectivity index (χ2n) is 7.95. The molecular formula is C25H31NO4S. The summed E-state index contributed by atoms with van der Waals surface area (Å²) < 4.78 is 38.9. The Kier molecular flexibility index (Phi) is 8.07. The molecule has 0 saturated carbocycles. The Balaban J connectivity index is 1.50. The molecule has 0 amide bonds.